The summed E-state index contributed by atoms with van der Waals surface area (Å²) < 4.78 is 7.71. The van der Waals surface area contributed by atoms with Gasteiger partial charge in [0.15, 0.2) is 17.4 Å². The average molecular weight is 356 g/mol. The van der Waals surface area contributed by atoms with Gasteiger partial charge in [-0.3, -0.25) is 9.59 Å². The third kappa shape index (κ3) is 2.47. The van der Waals surface area contributed by atoms with Crippen LogP contribution in [0.3, 0.4) is 0 Å². The summed E-state index contributed by atoms with van der Waals surface area (Å²) in [6.45, 7) is 2.57. The molecule has 1 N–H and O–H groups in total. The summed E-state index contributed by atoms with van der Waals surface area (Å²) in [6, 6.07) is 3.85. The molecule has 1 aromatic heterocycles. The summed E-state index contributed by atoms with van der Waals surface area (Å²) >= 11 is 0. The second-order valence-corrected chi connectivity index (χ2v) is 7.45. The maximum Gasteiger partial charge on any atom is 0.321 e. The molecule has 0 spiro atoms. The lowest BCUT2D eigenvalue weighted by Crippen LogP contribution is -2.46. The predicted molar refractivity (Wildman–Crippen MR) is 96.1 cm³/mol. The Bertz CT molecular complexity index is 866. The molecule has 26 heavy (non-hydrogen) atoms. The zero-order valence-corrected chi connectivity index (χ0v) is 15.0. The molecular weight excluding hydrogens is 332 g/mol. The number of carboxylic acid groups (broad SMARTS) is 1. The van der Waals surface area contributed by atoms with Crippen molar-refractivity contribution >= 4 is 22.7 Å². The Balaban J connectivity index is 1.98. The molecule has 0 radical (unpaired) electrons. The quantitative estimate of drug-likeness (QED) is 0.851. The number of fused-ring (bicyclic) bond motifs is 1. The Hall–Kier alpha value is -2.21. The van der Waals surface area contributed by atoms with E-state index >= 15 is 0 Å². The van der Waals surface area contributed by atoms with E-state index in [9.17, 15) is 14.7 Å². The molecule has 2 heterocycles. The van der Waals surface area contributed by atoms with Crippen molar-refractivity contribution < 1.29 is 19.4 Å². The highest BCUT2D eigenvalue weighted by Gasteiger charge is 2.50. The number of Topliss-reactive ketones (excluding diaryl/α,β-unsaturated/α-hetero) is 1. The van der Waals surface area contributed by atoms with Crippen LogP contribution in [0.25, 0.3) is 10.9 Å². The van der Waals surface area contributed by atoms with Gasteiger partial charge in [-0.2, -0.15) is 5.10 Å². The molecule has 6 nitrogen and oxygen atoms in total. The van der Waals surface area contributed by atoms with Crippen LogP contribution in [0.2, 0.25) is 0 Å². The van der Waals surface area contributed by atoms with Gasteiger partial charge in [0.2, 0.25) is 0 Å². The zero-order chi connectivity index (χ0) is 18.3. The third-order valence-electron chi connectivity index (χ3n) is 5.87. The fraction of sp³-hybridized carbons (Fsp3) is 0.550. The van der Waals surface area contributed by atoms with Gasteiger partial charge in [-0.05, 0) is 44.6 Å². The number of carbonyl (C=O) groups excluding carboxylic acids is 1. The Morgan fingerprint density at radius 2 is 2.15 bits per heavy atom. The van der Waals surface area contributed by atoms with Crippen molar-refractivity contribution in [1.82, 2.24) is 9.78 Å². The van der Waals surface area contributed by atoms with E-state index in [0.717, 1.165) is 48.6 Å². The SMILES string of the molecule is Cc1ccc2cnn(C3CCCCO3)c2c1C1(C(=O)O)CCCCC1=O. The molecule has 0 amide bonds. The highest BCUT2D eigenvalue weighted by Crippen LogP contribution is 2.43. The minimum Gasteiger partial charge on any atom is -0.480 e. The lowest BCUT2D eigenvalue weighted by Gasteiger charge is -2.34. The molecule has 6 heteroatoms. The number of ketones is 1. The van der Waals surface area contributed by atoms with E-state index in [1.165, 1.54) is 0 Å². The average Bonchev–Trinajstić information content (AvgIpc) is 3.07. The normalized spacial score (nSPS) is 27.0. The lowest BCUT2D eigenvalue weighted by molar-refractivity contribution is -0.150. The predicted octanol–water partition coefficient (Wildman–Crippen LogP) is 3.51. The molecule has 2 aromatic rings. The van der Waals surface area contributed by atoms with Gasteiger partial charge in [0.25, 0.3) is 0 Å². The van der Waals surface area contributed by atoms with Crippen LogP contribution in [-0.2, 0) is 19.7 Å². The smallest absolute Gasteiger partial charge is 0.321 e. The number of aryl methyl sites for hydroxylation is 1. The monoisotopic (exact) mass is 356 g/mol. The van der Waals surface area contributed by atoms with Gasteiger partial charge in [0, 0.05) is 24.0 Å². The largest absolute Gasteiger partial charge is 0.480 e. The van der Waals surface area contributed by atoms with Gasteiger partial charge in [-0.1, -0.05) is 18.6 Å². The summed E-state index contributed by atoms with van der Waals surface area (Å²) in [6.07, 6.45) is 6.63. The van der Waals surface area contributed by atoms with E-state index in [4.69, 9.17) is 4.74 Å². The Kier molecular flexibility index (Phi) is 4.31. The summed E-state index contributed by atoms with van der Waals surface area (Å²) in [5.74, 6) is -1.24. The van der Waals surface area contributed by atoms with Crippen molar-refractivity contribution in [2.24, 2.45) is 0 Å². The molecule has 2 unspecified atom stereocenters. The van der Waals surface area contributed by atoms with E-state index in [2.05, 4.69) is 5.10 Å². The second-order valence-electron chi connectivity index (χ2n) is 7.45. The molecule has 1 saturated heterocycles. The summed E-state index contributed by atoms with van der Waals surface area (Å²) in [4.78, 5) is 25.3. The van der Waals surface area contributed by atoms with Crippen molar-refractivity contribution in [1.29, 1.82) is 0 Å². The third-order valence-corrected chi connectivity index (χ3v) is 5.87. The highest BCUT2D eigenvalue weighted by atomic mass is 16.5. The first-order chi connectivity index (χ1) is 12.6. The number of hydrogen-bond acceptors (Lipinski definition) is 4. The van der Waals surface area contributed by atoms with Crippen LogP contribution in [0.1, 0.15) is 62.3 Å². The number of carbonyl (C=O) groups is 2. The van der Waals surface area contributed by atoms with Crippen molar-refractivity contribution in [2.75, 3.05) is 6.61 Å². The molecule has 1 aliphatic heterocycles. The minimum absolute atomic E-state index is 0.191. The van der Waals surface area contributed by atoms with Crippen molar-refractivity contribution in [3.05, 3.63) is 29.5 Å². The van der Waals surface area contributed by atoms with E-state index in [0.29, 0.717) is 25.0 Å². The van der Waals surface area contributed by atoms with E-state index < -0.39 is 11.4 Å². The molecule has 4 rings (SSSR count). The molecular formula is C20H24N2O4. The highest BCUT2D eigenvalue weighted by molar-refractivity contribution is 6.12. The molecule has 1 aromatic carbocycles. The van der Waals surface area contributed by atoms with Gasteiger partial charge in [0.05, 0.1) is 11.7 Å². The number of rotatable bonds is 3. The number of hydrogen-bond donors (Lipinski definition) is 1. The first-order valence-corrected chi connectivity index (χ1v) is 9.41. The van der Waals surface area contributed by atoms with Gasteiger partial charge in [-0.15, -0.1) is 0 Å². The van der Waals surface area contributed by atoms with Crippen LogP contribution in [-0.4, -0.2) is 33.2 Å². The minimum atomic E-state index is -1.48. The van der Waals surface area contributed by atoms with Crippen LogP contribution < -0.4 is 0 Å². The number of ether oxygens (including phenoxy) is 1. The van der Waals surface area contributed by atoms with Crippen molar-refractivity contribution in [3.63, 3.8) is 0 Å². The molecule has 1 saturated carbocycles. The molecule has 2 atom stereocenters. The fourth-order valence-electron chi connectivity index (χ4n) is 4.54. The van der Waals surface area contributed by atoms with Gasteiger partial charge in [-0.25, -0.2) is 4.68 Å². The van der Waals surface area contributed by atoms with Crippen LogP contribution in [0.4, 0.5) is 0 Å². The van der Waals surface area contributed by atoms with E-state index in [1.807, 2.05) is 23.7 Å². The van der Waals surface area contributed by atoms with Crippen LogP contribution in [0.5, 0.6) is 0 Å². The number of nitrogens with zero attached hydrogens (tertiary/aromatic N) is 2. The zero-order valence-electron chi connectivity index (χ0n) is 15.0. The Morgan fingerprint density at radius 1 is 1.31 bits per heavy atom. The van der Waals surface area contributed by atoms with E-state index in [1.54, 1.807) is 6.20 Å². The first-order valence-electron chi connectivity index (χ1n) is 9.41. The van der Waals surface area contributed by atoms with Crippen molar-refractivity contribution in [3.8, 4) is 0 Å². The summed E-state index contributed by atoms with van der Waals surface area (Å²) in [5.41, 5.74) is 0.704. The van der Waals surface area contributed by atoms with Gasteiger partial charge in [0.1, 0.15) is 0 Å². The van der Waals surface area contributed by atoms with Gasteiger partial charge < -0.3 is 9.84 Å². The number of aliphatic carboxylic acids is 1. The maximum atomic E-state index is 12.9. The Labute approximate surface area is 152 Å². The van der Waals surface area contributed by atoms with Crippen molar-refractivity contribution in [2.45, 2.75) is 63.5 Å². The molecule has 1 aliphatic carbocycles. The summed E-state index contributed by atoms with van der Waals surface area (Å²) in [5, 5.41) is 15.5. The van der Waals surface area contributed by atoms with Gasteiger partial charge >= 0.3 is 5.97 Å². The maximum absolute atomic E-state index is 12.9. The van der Waals surface area contributed by atoms with Crippen LogP contribution >= 0.6 is 0 Å². The number of benzene rings is 1. The topological polar surface area (TPSA) is 81.4 Å². The first kappa shape index (κ1) is 17.2. The molecule has 2 fully saturated rings. The second kappa shape index (κ2) is 6.50. The molecule has 138 valence electrons. The number of aromatic nitrogens is 2. The number of carboxylic acids is 1. The van der Waals surface area contributed by atoms with E-state index in [-0.39, 0.29) is 12.0 Å². The molecule has 2 aliphatic rings. The lowest BCUT2D eigenvalue weighted by atomic mass is 9.66. The van der Waals surface area contributed by atoms with Crippen LogP contribution in [0, 0.1) is 6.92 Å². The summed E-state index contributed by atoms with van der Waals surface area (Å²) in [7, 11) is 0. The standard InChI is InChI=1S/C20H24N2O4/c1-13-8-9-14-12-21-22(16-7-3-5-11-26-16)18(14)17(13)20(19(24)25)10-4-2-6-15(20)23/h8-9,12,16H,2-7,10-11H2,1H3,(H,24,25). The molecule has 0 bridgehead atoms. The fourth-order valence-corrected chi connectivity index (χ4v) is 4.54. The van der Waals surface area contributed by atoms with Crippen LogP contribution in [0.15, 0.2) is 18.3 Å². The Morgan fingerprint density at radius 3 is 2.85 bits per heavy atom.